The second-order valence-corrected chi connectivity index (χ2v) is 6.70. The fraction of sp³-hybridized carbons (Fsp3) is 0.111. The molecule has 0 saturated carbocycles. The minimum Gasteiger partial charge on any atom is -0.411 e. The standard InChI is InChI=1S/C18H15ClN4O3S/c1-20-16(25)13-4-2-3-5-14(13)21-15(24)10-27-18-23-22-17(26-18)11-6-8-12(19)9-7-11/h2-9H,10H2,1H3,(H,20,25)(H,21,24). The summed E-state index contributed by atoms with van der Waals surface area (Å²) in [5, 5.41) is 14.0. The lowest BCUT2D eigenvalue weighted by molar-refractivity contribution is -0.113. The van der Waals surface area contributed by atoms with Crippen molar-refractivity contribution in [3.05, 3.63) is 59.1 Å². The molecule has 0 aliphatic heterocycles. The number of aromatic nitrogens is 2. The van der Waals surface area contributed by atoms with E-state index in [0.29, 0.717) is 22.2 Å². The fourth-order valence-electron chi connectivity index (χ4n) is 2.22. The summed E-state index contributed by atoms with van der Waals surface area (Å²) in [5.41, 5.74) is 1.57. The highest BCUT2D eigenvalue weighted by molar-refractivity contribution is 7.99. The Morgan fingerprint density at radius 2 is 1.85 bits per heavy atom. The molecule has 27 heavy (non-hydrogen) atoms. The average molecular weight is 403 g/mol. The van der Waals surface area contributed by atoms with Gasteiger partial charge in [0.25, 0.3) is 11.1 Å². The number of amides is 2. The molecule has 0 atom stereocenters. The van der Waals surface area contributed by atoms with Gasteiger partial charge in [-0.3, -0.25) is 9.59 Å². The number of carbonyl (C=O) groups is 2. The van der Waals surface area contributed by atoms with Crippen molar-refractivity contribution in [3.63, 3.8) is 0 Å². The Labute approximate surface area is 164 Å². The van der Waals surface area contributed by atoms with Gasteiger partial charge in [0.1, 0.15) is 0 Å². The van der Waals surface area contributed by atoms with Crippen LogP contribution < -0.4 is 10.6 Å². The highest BCUT2D eigenvalue weighted by Crippen LogP contribution is 2.24. The Morgan fingerprint density at radius 3 is 2.59 bits per heavy atom. The predicted molar refractivity (Wildman–Crippen MR) is 104 cm³/mol. The Hall–Kier alpha value is -2.84. The highest BCUT2D eigenvalue weighted by Gasteiger charge is 2.14. The van der Waals surface area contributed by atoms with Crippen LogP contribution in [0.1, 0.15) is 10.4 Å². The first kappa shape index (κ1) is 18.9. The summed E-state index contributed by atoms with van der Waals surface area (Å²) in [6, 6.07) is 13.8. The number of thioether (sulfide) groups is 1. The van der Waals surface area contributed by atoms with E-state index < -0.39 is 0 Å². The summed E-state index contributed by atoms with van der Waals surface area (Å²) in [7, 11) is 1.53. The topological polar surface area (TPSA) is 97.1 Å². The Kier molecular flexibility index (Phi) is 6.10. The summed E-state index contributed by atoms with van der Waals surface area (Å²) in [4.78, 5) is 24.0. The molecule has 9 heteroatoms. The van der Waals surface area contributed by atoms with E-state index in [0.717, 1.165) is 17.3 Å². The first-order valence-electron chi connectivity index (χ1n) is 7.90. The predicted octanol–water partition coefficient (Wildman–Crippen LogP) is 3.48. The maximum absolute atomic E-state index is 12.2. The number of nitrogens with one attached hydrogen (secondary N) is 2. The number of halogens is 1. The van der Waals surface area contributed by atoms with Gasteiger partial charge in [0.2, 0.25) is 11.8 Å². The molecule has 1 heterocycles. The van der Waals surface area contributed by atoms with Gasteiger partial charge in [-0.15, -0.1) is 10.2 Å². The van der Waals surface area contributed by atoms with E-state index in [1.165, 1.54) is 7.05 Å². The van der Waals surface area contributed by atoms with Crippen molar-refractivity contribution in [2.45, 2.75) is 5.22 Å². The maximum Gasteiger partial charge on any atom is 0.277 e. The third kappa shape index (κ3) is 4.87. The summed E-state index contributed by atoms with van der Waals surface area (Å²) in [6.07, 6.45) is 0. The zero-order valence-electron chi connectivity index (χ0n) is 14.2. The zero-order chi connectivity index (χ0) is 19.2. The van der Waals surface area contributed by atoms with Crippen LogP contribution in [0.4, 0.5) is 5.69 Å². The van der Waals surface area contributed by atoms with Gasteiger partial charge in [-0.05, 0) is 36.4 Å². The molecule has 2 aromatic carbocycles. The van der Waals surface area contributed by atoms with Crippen LogP contribution in [-0.4, -0.2) is 34.8 Å². The lowest BCUT2D eigenvalue weighted by Gasteiger charge is -2.09. The minimum atomic E-state index is -0.289. The number of anilines is 1. The Bertz CT molecular complexity index is 959. The van der Waals surface area contributed by atoms with Gasteiger partial charge in [0.05, 0.1) is 17.0 Å². The molecule has 1 aromatic heterocycles. The molecule has 0 bridgehead atoms. The summed E-state index contributed by atoms with van der Waals surface area (Å²) in [6.45, 7) is 0. The molecular weight excluding hydrogens is 388 g/mol. The molecular formula is C18H15ClN4O3S. The number of benzene rings is 2. The van der Waals surface area contributed by atoms with Crippen molar-refractivity contribution in [1.29, 1.82) is 0 Å². The van der Waals surface area contributed by atoms with Crippen LogP contribution >= 0.6 is 23.4 Å². The fourth-order valence-corrected chi connectivity index (χ4v) is 2.90. The van der Waals surface area contributed by atoms with E-state index in [-0.39, 0.29) is 22.8 Å². The lowest BCUT2D eigenvalue weighted by atomic mass is 10.1. The van der Waals surface area contributed by atoms with Gasteiger partial charge in [-0.2, -0.15) is 0 Å². The minimum absolute atomic E-state index is 0.0599. The second-order valence-electron chi connectivity index (χ2n) is 5.34. The van der Waals surface area contributed by atoms with Crippen molar-refractivity contribution in [1.82, 2.24) is 15.5 Å². The third-order valence-corrected chi connectivity index (χ3v) is 4.57. The van der Waals surface area contributed by atoms with Gasteiger partial charge < -0.3 is 15.1 Å². The molecule has 2 amide bonds. The van der Waals surface area contributed by atoms with Crippen molar-refractivity contribution in [3.8, 4) is 11.5 Å². The molecule has 0 saturated heterocycles. The zero-order valence-corrected chi connectivity index (χ0v) is 15.8. The molecule has 2 N–H and O–H groups in total. The van der Waals surface area contributed by atoms with Gasteiger partial charge in [0.15, 0.2) is 0 Å². The van der Waals surface area contributed by atoms with E-state index in [1.54, 1.807) is 48.5 Å². The van der Waals surface area contributed by atoms with Crippen molar-refractivity contribution in [2.75, 3.05) is 18.1 Å². The molecule has 7 nitrogen and oxygen atoms in total. The van der Waals surface area contributed by atoms with E-state index in [9.17, 15) is 9.59 Å². The number of carbonyl (C=O) groups excluding carboxylic acids is 2. The maximum atomic E-state index is 12.2. The number of hydrogen-bond acceptors (Lipinski definition) is 6. The highest BCUT2D eigenvalue weighted by atomic mass is 35.5. The van der Waals surface area contributed by atoms with Crippen LogP contribution in [0, 0.1) is 0 Å². The number of rotatable bonds is 6. The molecule has 0 aliphatic rings. The first-order chi connectivity index (χ1) is 13.1. The number of hydrogen-bond donors (Lipinski definition) is 2. The molecule has 0 aliphatic carbocycles. The van der Waals surface area contributed by atoms with Crippen molar-refractivity contribution >= 4 is 40.9 Å². The summed E-state index contributed by atoms with van der Waals surface area (Å²) < 4.78 is 5.54. The van der Waals surface area contributed by atoms with E-state index in [2.05, 4.69) is 20.8 Å². The quantitative estimate of drug-likeness (QED) is 0.612. The molecule has 0 unspecified atom stereocenters. The Balaban J connectivity index is 1.60. The Morgan fingerprint density at radius 1 is 1.11 bits per heavy atom. The summed E-state index contributed by atoms with van der Waals surface area (Å²) >= 11 is 6.96. The largest absolute Gasteiger partial charge is 0.411 e. The van der Waals surface area contributed by atoms with Gasteiger partial charge in [-0.25, -0.2) is 0 Å². The summed E-state index contributed by atoms with van der Waals surface area (Å²) in [5.74, 6) is -0.158. The molecule has 0 spiro atoms. The van der Waals surface area contributed by atoms with Gasteiger partial charge >= 0.3 is 0 Å². The molecule has 138 valence electrons. The van der Waals surface area contributed by atoms with Gasteiger partial charge in [0, 0.05) is 17.6 Å². The van der Waals surface area contributed by atoms with Crippen LogP contribution in [0.2, 0.25) is 5.02 Å². The smallest absolute Gasteiger partial charge is 0.277 e. The van der Waals surface area contributed by atoms with Crippen LogP contribution in [0.25, 0.3) is 11.5 Å². The first-order valence-corrected chi connectivity index (χ1v) is 9.26. The van der Waals surface area contributed by atoms with E-state index in [1.807, 2.05) is 0 Å². The molecule has 0 fully saturated rings. The second kappa shape index (κ2) is 8.70. The van der Waals surface area contributed by atoms with Crippen LogP contribution in [0.3, 0.4) is 0 Å². The van der Waals surface area contributed by atoms with Crippen molar-refractivity contribution < 1.29 is 14.0 Å². The third-order valence-electron chi connectivity index (χ3n) is 3.50. The SMILES string of the molecule is CNC(=O)c1ccccc1NC(=O)CSc1nnc(-c2ccc(Cl)cc2)o1. The monoisotopic (exact) mass is 402 g/mol. The molecule has 3 aromatic rings. The van der Waals surface area contributed by atoms with Crippen LogP contribution in [0.5, 0.6) is 0 Å². The van der Waals surface area contributed by atoms with E-state index in [4.69, 9.17) is 16.0 Å². The molecule has 3 rings (SSSR count). The molecule has 0 radical (unpaired) electrons. The number of nitrogens with zero attached hydrogens (tertiary/aromatic N) is 2. The van der Waals surface area contributed by atoms with Crippen LogP contribution in [0.15, 0.2) is 58.2 Å². The number of para-hydroxylation sites is 1. The van der Waals surface area contributed by atoms with Gasteiger partial charge in [-0.1, -0.05) is 35.5 Å². The van der Waals surface area contributed by atoms with Crippen LogP contribution in [-0.2, 0) is 4.79 Å². The lowest BCUT2D eigenvalue weighted by Crippen LogP contribution is -2.22. The van der Waals surface area contributed by atoms with E-state index >= 15 is 0 Å². The normalized spacial score (nSPS) is 10.4. The average Bonchev–Trinajstić information content (AvgIpc) is 3.16. The van der Waals surface area contributed by atoms with Crippen molar-refractivity contribution in [2.24, 2.45) is 0 Å².